The number of nitrogens with one attached hydrogen (secondary N) is 1. The zero-order valence-electron chi connectivity index (χ0n) is 11.1. The highest BCUT2D eigenvalue weighted by Crippen LogP contribution is 2.31. The van der Waals surface area contributed by atoms with Gasteiger partial charge in [-0.2, -0.15) is 0 Å². The Morgan fingerprint density at radius 1 is 1.16 bits per heavy atom. The van der Waals surface area contributed by atoms with Crippen LogP contribution >= 0.6 is 0 Å². The van der Waals surface area contributed by atoms with E-state index < -0.39 is 0 Å². The number of aryl methyl sites for hydroxylation is 1. The van der Waals surface area contributed by atoms with E-state index in [0.29, 0.717) is 24.5 Å². The summed E-state index contributed by atoms with van der Waals surface area (Å²) < 4.78 is 0. The Bertz CT molecular complexity index is 576. The van der Waals surface area contributed by atoms with Gasteiger partial charge in [0.25, 0.3) is 0 Å². The number of imidazole rings is 1. The standard InChI is InChI=1S/C16H18N2O/c1-11-15(12-5-3-2-4-6-12)18-16(17-11)13-7-9-14(19)10-8-13/h2-6,13H,7-10H2,1H3,(H,17,18). The first-order valence-electron chi connectivity index (χ1n) is 6.87. The fourth-order valence-corrected chi connectivity index (χ4v) is 2.77. The minimum Gasteiger partial charge on any atom is -0.345 e. The maximum absolute atomic E-state index is 11.3. The lowest BCUT2D eigenvalue weighted by molar-refractivity contribution is -0.120. The molecule has 0 aliphatic heterocycles. The van der Waals surface area contributed by atoms with Gasteiger partial charge in [-0.3, -0.25) is 4.79 Å². The van der Waals surface area contributed by atoms with E-state index in [1.807, 2.05) is 18.2 Å². The van der Waals surface area contributed by atoms with Gasteiger partial charge in [0.1, 0.15) is 11.6 Å². The molecule has 3 nitrogen and oxygen atoms in total. The smallest absolute Gasteiger partial charge is 0.132 e. The van der Waals surface area contributed by atoms with Crippen LogP contribution in [-0.4, -0.2) is 15.8 Å². The Balaban J connectivity index is 1.87. The summed E-state index contributed by atoms with van der Waals surface area (Å²) in [6.07, 6.45) is 3.26. The second-order valence-electron chi connectivity index (χ2n) is 5.27. The van der Waals surface area contributed by atoms with Crippen LogP contribution in [0.15, 0.2) is 30.3 Å². The maximum Gasteiger partial charge on any atom is 0.132 e. The highest BCUT2D eigenvalue weighted by atomic mass is 16.1. The Morgan fingerprint density at radius 3 is 2.53 bits per heavy atom. The molecule has 1 saturated carbocycles. The van der Waals surface area contributed by atoms with E-state index in [9.17, 15) is 4.79 Å². The fraction of sp³-hybridized carbons (Fsp3) is 0.375. The molecule has 2 aromatic rings. The lowest BCUT2D eigenvalue weighted by Gasteiger charge is -2.18. The van der Waals surface area contributed by atoms with Crippen LogP contribution in [-0.2, 0) is 4.79 Å². The van der Waals surface area contributed by atoms with E-state index in [1.54, 1.807) is 0 Å². The summed E-state index contributed by atoms with van der Waals surface area (Å²) in [6.45, 7) is 2.06. The number of aromatic nitrogens is 2. The molecule has 0 radical (unpaired) electrons. The molecule has 0 bridgehead atoms. The van der Waals surface area contributed by atoms with Crippen molar-refractivity contribution >= 4 is 5.78 Å². The molecule has 0 unspecified atom stereocenters. The number of hydrogen-bond donors (Lipinski definition) is 1. The second-order valence-corrected chi connectivity index (χ2v) is 5.27. The minimum atomic E-state index is 0.391. The van der Waals surface area contributed by atoms with Crippen molar-refractivity contribution in [2.45, 2.75) is 38.5 Å². The lowest BCUT2D eigenvalue weighted by Crippen LogP contribution is -2.13. The van der Waals surface area contributed by atoms with Gasteiger partial charge in [0.05, 0.1) is 5.69 Å². The van der Waals surface area contributed by atoms with Gasteiger partial charge in [0.15, 0.2) is 0 Å². The van der Waals surface area contributed by atoms with Crippen LogP contribution in [0.4, 0.5) is 0 Å². The van der Waals surface area contributed by atoms with Gasteiger partial charge in [-0.05, 0) is 19.8 Å². The predicted octanol–water partition coefficient (Wildman–Crippen LogP) is 3.61. The number of aromatic amines is 1. The highest BCUT2D eigenvalue weighted by Gasteiger charge is 2.23. The lowest BCUT2D eigenvalue weighted by atomic mass is 9.88. The molecule has 1 aliphatic rings. The van der Waals surface area contributed by atoms with Crippen molar-refractivity contribution < 1.29 is 4.79 Å². The third kappa shape index (κ3) is 2.46. The monoisotopic (exact) mass is 254 g/mol. The fourth-order valence-electron chi connectivity index (χ4n) is 2.77. The van der Waals surface area contributed by atoms with Gasteiger partial charge in [0.2, 0.25) is 0 Å². The highest BCUT2D eigenvalue weighted by molar-refractivity contribution is 5.79. The first-order valence-corrected chi connectivity index (χ1v) is 6.87. The van der Waals surface area contributed by atoms with Crippen molar-refractivity contribution in [1.29, 1.82) is 0 Å². The van der Waals surface area contributed by atoms with E-state index in [2.05, 4.69) is 24.0 Å². The van der Waals surface area contributed by atoms with Crippen molar-refractivity contribution in [1.82, 2.24) is 9.97 Å². The van der Waals surface area contributed by atoms with Gasteiger partial charge in [0, 0.05) is 30.0 Å². The van der Waals surface area contributed by atoms with Crippen LogP contribution < -0.4 is 0 Å². The minimum absolute atomic E-state index is 0.391. The summed E-state index contributed by atoms with van der Waals surface area (Å²) in [5.41, 5.74) is 3.29. The Kier molecular flexibility index (Phi) is 3.20. The summed E-state index contributed by atoms with van der Waals surface area (Å²) in [5.74, 6) is 1.85. The van der Waals surface area contributed by atoms with Crippen molar-refractivity contribution in [2.24, 2.45) is 0 Å². The molecule has 98 valence electrons. The number of H-pyrrole nitrogens is 1. The number of nitrogens with zero attached hydrogens (tertiary/aromatic N) is 1. The molecule has 1 N–H and O–H groups in total. The molecule has 0 spiro atoms. The van der Waals surface area contributed by atoms with Crippen molar-refractivity contribution in [3.63, 3.8) is 0 Å². The average Bonchev–Trinajstić information content (AvgIpc) is 2.83. The van der Waals surface area contributed by atoms with E-state index >= 15 is 0 Å². The van der Waals surface area contributed by atoms with Crippen LogP contribution in [0.25, 0.3) is 11.3 Å². The summed E-state index contributed by atoms with van der Waals surface area (Å²) in [6, 6.07) is 10.2. The second kappa shape index (κ2) is 5.00. The molecule has 1 aromatic heterocycles. The van der Waals surface area contributed by atoms with Gasteiger partial charge in [-0.1, -0.05) is 30.3 Å². The van der Waals surface area contributed by atoms with E-state index in [-0.39, 0.29) is 0 Å². The number of benzene rings is 1. The van der Waals surface area contributed by atoms with E-state index in [4.69, 9.17) is 4.98 Å². The quantitative estimate of drug-likeness (QED) is 0.889. The molecule has 1 aliphatic carbocycles. The number of ketones is 1. The molecule has 3 rings (SSSR count). The van der Waals surface area contributed by atoms with E-state index in [0.717, 1.165) is 35.6 Å². The molecule has 19 heavy (non-hydrogen) atoms. The summed E-state index contributed by atoms with van der Waals surface area (Å²) in [5, 5.41) is 0. The van der Waals surface area contributed by atoms with Gasteiger partial charge in [-0.15, -0.1) is 0 Å². The molecular weight excluding hydrogens is 236 g/mol. The third-order valence-corrected chi connectivity index (χ3v) is 3.88. The van der Waals surface area contributed by atoms with Gasteiger partial charge in [-0.25, -0.2) is 4.98 Å². The van der Waals surface area contributed by atoms with Gasteiger partial charge >= 0.3 is 0 Å². The first kappa shape index (κ1) is 12.2. The predicted molar refractivity (Wildman–Crippen MR) is 75.0 cm³/mol. The van der Waals surface area contributed by atoms with Crippen molar-refractivity contribution in [3.8, 4) is 11.3 Å². The Hall–Kier alpha value is -1.90. The topological polar surface area (TPSA) is 45.8 Å². The van der Waals surface area contributed by atoms with Crippen LogP contribution in [0.2, 0.25) is 0 Å². The molecule has 0 atom stereocenters. The zero-order chi connectivity index (χ0) is 13.2. The Morgan fingerprint density at radius 2 is 1.84 bits per heavy atom. The van der Waals surface area contributed by atoms with Crippen molar-refractivity contribution in [3.05, 3.63) is 41.9 Å². The number of rotatable bonds is 2. The molecule has 3 heteroatoms. The van der Waals surface area contributed by atoms with E-state index in [1.165, 1.54) is 0 Å². The molecular formula is C16H18N2O. The molecule has 1 fully saturated rings. The van der Waals surface area contributed by atoms with Crippen LogP contribution in [0.5, 0.6) is 0 Å². The largest absolute Gasteiger partial charge is 0.345 e. The summed E-state index contributed by atoms with van der Waals surface area (Å²) in [7, 11) is 0. The number of carbonyl (C=O) groups is 1. The SMILES string of the molecule is Cc1[nH]c(C2CCC(=O)CC2)nc1-c1ccccc1. The van der Waals surface area contributed by atoms with Gasteiger partial charge < -0.3 is 4.98 Å². The summed E-state index contributed by atoms with van der Waals surface area (Å²) in [4.78, 5) is 19.5. The molecule has 1 aromatic carbocycles. The molecule has 0 saturated heterocycles. The average molecular weight is 254 g/mol. The maximum atomic E-state index is 11.3. The Labute approximate surface area is 113 Å². The van der Waals surface area contributed by atoms with Crippen LogP contribution in [0.1, 0.15) is 43.1 Å². The summed E-state index contributed by atoms with van der Waals surface area (Å²) >= 11 is 0. The van der Waals surface area contributed by atoms with Crippen LogP contribution in [0.3, 0.4) is 0 Å². The number of Topliss-reactive ketones (excluding diaryl/α,β-unsaturated/α-hetero) is 1. The molecule has 0 amide bonds. The number of hydrogen-bond acceptors (Lipinski definition) is 2. The zero-order valence-corrected chi connectivity index (χ0v) is 11.1. The third-order valence-electron chi connectivity index (χ3n) is 3.88. The normalized spacial score (nSPS) is 16.8. The van der Waals surface area contributed by atoms with Crippen molar-refractivity contribution in [2.75, 3.05) is 0 Å². The number of carbonyl (C=O) groups excluding carboxylic acids is 1. The first-order chi connectivity index (χ1) is 9.24. The molecule has 1 heterocycles. The van der Waals surface area contributed by atoms with Crippen LogP contribution in [0, 0.1) is 6.92 Å².